The standard InChI is InChI=1S/C11H13ClO2/c1-7-4-9(14-3)5-8(2)11(7)10(13)6-12/h4-5H,6H2,1-3H3. The van der Waals surface area contributed by atoms with E-state index in [2.05, 4.69) is 0 Å². The number of alkyl halides is 1. The Balaban J connectivity index is 3.25. The molecular formula is C11H13ClO2. The van der Waals surface area contributed by atoms with E-state index in [9.17, 15) is 4.79 Å². The van der Waals surface area contributed by atoms with E-state index in [0.29, 0.717) is 5.56 Å². The number of ether oxygens (including phenoxy) is 1. The van der Waals surface area contributed by atoms with Crippen molar-refractivity contribution in [3.8, 4) is 5.75 Å². The molecule has 0 atom stereocenters. The molecule has 2 nitrogen and oxygen atoms in total. The van der Waals surface area contributed by atoms with Crippen LogP contribution in [0.2, 0.25) is 0 Å². The van der Waals surface area contributed by atoms with E-state index in [0.717, 1.165) is 16.9 Å². The van der Waals surface area contributed by atoms with Gasteiger partial charge in [-0.05, 0) is 37.1 Å². The smallest absolute Gasteiger partial charge is 0.178 e. The summed E-state index contributed by atoms with van der Waals surface area (Å²) < 4.78 is 5.10. The van der Waals surface area contributed by atoms with Crippen LogP contribution in [0, 0.1) is 13.8 Å². The van der Waals surface area contributed by atoms with Gasteiger partial charge in [0.25, 0.3) is 0 Å². The van der Waals surface area contributed by atoms with E-state index in [-0.39, 0.29) is 11.7 Å². The molecule has 1 aromatic carbocycles. The van der Waals surface area contributed by atoms with Crippen LogP contribution in [0.15, 0.2) is 12.1 Å². The summed E-state index contributed by atoms with van der Waals surface area (Å²) in [7, 11) is 1.61. The van der Waals surface area contributed by atoms with Gasteiger partial charge in [0, 0.05) is 5.56 Å². The molecule has 0 aliphatic heterocycles. The molecule has 0 heterocycles. The lowest BCUT2D eigenvalue weighted by Crippen LogP contribution is -2.06. The van der Waals surface area contributed by atoms with Gasteiger partial charge in [-0.1, -0.05) is 0 Å². The normalized spacial score (nSPS) is 10.0. The number of hydrogen-bond acceptors (Lipinski definition) is 2. The number of carbonyl (C=O) groups is 1. The van der Waals surface area contributed by atoms with Gasteiger partial charge in [-0.15, -0.1) is 11.6 Å². The highest BCUT2D eigenvalue weighted by Gasteiger charge is 2.12. The van der Waals surface area contributed by atoms with Crippen LogP contribution in [-0.4, -0.2) is 18.8 Å². The molecule has 76 valence electrons. The number of benzene rings is 1. The third-order valence-electron chi connectivity index (χ3n) is 2.14. The number of Topliss-reactive ketones (excluding diaryl/α,β-unsaturated/α-hetero) is 1. The second-order valence-corrected chi connectivity index (χ2v) is 3.46. The van der Waals surface area contributed by atoms with Crippen LogP contribution < -0.4 is 4.74 Å². The molecule has 1 aromatic rings. The number of aryl methyl sites for hydroxylation is 2. The minimum absolute atomic E-state index is 0.0218. The van der Waals surface area contributed by atoms with E-state index in [1.54, 1.807) is 7.11 Å². The maximum absolute atomic E-state index is 11.5. The summed E-state index contributed by atoms with van der Waals surface area (Å²) in [6.45, 7) is 3.77. The molecule has 0 aliphatic carbocycles. The second kappa shape index (κ2) is 4.47. The molecule has 14 heavy (non-hydrogen) atoms. The first-order chi connectivity index (χ1) is 6.60. The lowest BCUT2D eigenvalue weighted by molar-refractivity contribution is 0.102. The fraction of sp³-hybridized carbons (Fsp3) is 0.364. The van der Waals surface area contributed by atoms with Gasteiger partial charge in [0.15, 0.2) is 5.78 Å². The molecule has 0 aliphatic rings. The van der Waals surface area contributed by atoms with Gasteiger partial charge in [-0.25, -0.2) is 0 Å². The van der Waals surface area contributed by atoms with Crippen molar-refractivity contribution in [3.05, 3.63) is 28.8 Å². The Morgan fingerprint density at radius 2 is 1.86 bits per heavy atom. The van der Waals surface area contributed by atoms with Gasteiger partial charge in [0.2, 0.25) is 0 Å². The van der Waals surface area contributed by atoms with Crippen molar-refractivity contribution in [3.63, 3.8) is 0 Å². The van der Waals surface area contributed by atoms with Crippen molar-refractivity contribution in [1.29, 1.82) is 0 Å². The second-order valence-electron chi connectivity index (χ2n) is 3.19. The molecule has 0 bridgehead atoms. The van der Waals surface area contributed by atoms with Crippen molar-refractivity contribution in [1.82, 2.24) is 0 Å². The Morgan fingerprint density at radius 1 is 1.36 bits per heavy atom. The van der Waals surface area contributed by atoms with Gasteiger partial charge < -0.3 is 4.74 Å². The molecule has 0 N–H and O–H groups in total. The van der Waals surface area contributed by atoms with E-state index >= 15 is 0 Å². The number of carbonyl (C=O) groups excluding carboxylic acids is 1. The maximum atomic E-state index is 11.5. The molecule has 0 saturated carbocycles. The van der Waals surface area contributed by atoms with Crippen molar-refractivity contribution in [2.45, 2.75) is 13.8 Å². The van der Waals surface area contributed by atoms with Gasteiger partial charge in [0.1, 0.15) is 5.75 Å². The van der Waals surface area contributed by atoms with E-state index < -0.39 is 0 Å². The predicted octanol–water partition coefficient (Wildman–Crippen LogP) is 2.73. The van der Waals surface area contributed by atoms with Gasteiger partial charge >= 0.3 is 0 Å². The van der Waals surface area contributed by atoms with Gasteiger partial charge in [0.05, 0.1) is 13.0 Å². The highest BCUT2D eigenvalue weighted by molar-refractivity contribution is 6.30. The third kappa shape index (κ3) is 2.07. The summed E-state index contributed by atoms with van der Waals surface area (Å²) in [4.78, 5) is 11.5. The highest BCUT2D eigenvalue weighted by atomic mass is 35.5. The molecule has 0 unspecified atom stereocenters. The molecule has 0 amide bonds. The van der Waals surface area contributed by atoms with Crippen LogP contribution >= 0.6 is 11.6 Å². The first-order valence-electron chi connectivity index (χ1n) is 4.34. The van der Waals surface area contributed by atoms with Crippen LogP contribution in [0.4, 0.5) is 0 Å². The van der Waals surface area contributed by atoms with E-state index in [1.165, 1.54) is 0 Å². The van der Waals surface area contributed by atoms with Crippen molar-refractivity contribution < 1.29 is 9.53 Å². The summed E-state index contributed by atoms with van der Waals surface area (Å²) in [5, 5.41) is 0. The Kier molecular flexibility index (Phi) is 3.53. The molecule has 3 heteroatoms. The van der Waals surface area contributed by atoms with Gasteiger partial charge in [-0.2, -0.15) is 0 Å². The van der Waals surface area contributed by atoms with Crippen molar-refractivity contribution in [2.24, 2.45) is 0 Å². The first-order valence-corrected chi connectivity index (χ1v) is 4.88. The van der Waals surface area contributed by atoms with Crippen LogP contribution in [0.1, 0.15) is 21.5 Å². The van der Waals surface area contributed by atoms with Gasteiger partial charge in [-0.3, -0.25) is 4.79 Å². The SMILES string of the molecule is COc1cc(C)c(C(=O)CCl)c(C)c1. The molecule has 0 spiro atoms. The van der Waals surface area contributed by atoms with E-state index in [4.69, 9.17) is 16.3 Å². The molecule has 0 radical (unpaired) electrons. The fourth-order valence-corrected chi connectivity index (χ4v) is 1.68. The summed E-state index contributed by atoms with van der Waals surface area (Å²) in [5.41, 5.74) is 2.53. The Bertz CT molecular complexity index is 335. The number of ketones is 1. The topological polar surface area (TPSA) is 26.3 Å². The number of rotatable bonds is 3. The molecule has 0 aromatic heterocycles. The summed E-state index contributed by atoms with van der Waals surface area (Å²) in [6, 6.07) is 3.68. The summed E-state index contributed by atoms with van der Waals surface area (Å²) >= 11 is 5.52. The maximum Gasteiger partial charge on any atom is 0.178 e. The lowest BCUT2D eigenvalue weighted by Gasteiger charge is -2.09. The fourth-order valence-electron chi connectivity index (χ4n) is 1.55. The van der Waals surface area contributed by atoms with Crippen LogP contribution in [0.3, 0.4) is 0 Å². The van der Waals surface area contributed by atoms with Crippen LogP contribution in [-0.2, 0) is 0 Å². The number of halogens is 1. The molecule has 1 rings (SSSR count). The average molecular weight is 213 g/mol. The third-order valence-corrected chi connectivity index (χ3v) is 2.38. The largest absolute Gasteiger partial charge is 0.497 e. The minimum atomic E-state index is -0.0377. The summed E-state index contributed by atoms with van der Waals surface area (Å²) in [5.74, 6) is 0.754. The zero-order chi connectivity index (χ0) is 10.7. The van der Waals surface area contributed by atoms with Crippen molar-refractivity contribution in [2.75, 3.05) is 13.0 Å². The Labute approximate surface area is 88.8 Å². The quantitative estimate of drug-likeness (QED) is 0.569. The number of methoxy groups -OCH3 is 1. The number of hydrogen-bond donors (Lipinski definition) is 0. The molecule has 0 saturated heterocycles. The van der Waals surface area contributed by atoms with Crippen LogP contribution in [0.25, 0.3) is 0 Å². The monoisotopic (exact) mass is 212 g/mol. The zero-order valence-corrected chi connectivity index (χ0v) is 9.31. The summed E-state index contributed by atoms with van der Waals surface area (Å²) in [6.07, 6.45) is 0. The average Bonchev–Trinajstić information content (AvgIpc) is 2.16. The van der Waals surface area contributed by atoms with E-state index in [1.807, 2.05) is 26.0 Å². The Morgan fingerprint density at radius 3 is 2.21 bits per heavy atom. The minimum Gasteiger partial charge on any atom is -0.497 e. The molecule has 0 fully saturated rings. The lowest BCUT2D eigenvalue weighted by atomic mass is 9.99. The molecular weight excluding hydrogens is 200 g/mol. The Hall–Kier alpha value is -1.02. The first kappa shape index (κ1) is 11.1. The predicted molar refractivity (Wildman–Crippen MR) is 57.5 cm³/mol. The van der Waals surface area contributed by atoms with Crippen LogP contribution in [0.5, 0.6) is 5.75 Å². The highest BCUT2D eigenvalue weighted by Crippen LogP contribution is 2.22. The zero-order valence-electron chi connectivity index (χ0n) is 8.56. The van der Waals surface area contributed by atoms with Crippen molar-refractivity contribution >= 4 is 17.4 Å².